The standard InChI is InChI=1S/C18H21N3O4/c1-20-9-14(22)21-13(17(20)23)8-11-10-6-4-5-7-12(10)19-15(11)16(21)18(24-2)25-3/h4-7,13,16,18-19H,8-9H2,1-3H3/t13-,16+/m1/s1. The first kappa shape index (κ1) is 16.1. The van der Waals surface area contributed by atoms with E-state index in [9.17, 15) is 9.59 Å². The van der Waals surface area contributed by atoms with Gasteiger partial charge in [-0.25, -0.2) is 0 Å². The van der Waals surface area contributed by atoms with Gasteiger partial charge in [-0.1, -0.05) is 18.2 Å². The summed E-state index contributed by atoms with van der Waals surface area (Å²) in [4.78, 5) is 32.1. The number of aromatic nitrogens is 1. The molecule has 2 amide bonds. The first-order valence-corrected chi connectivity index (χ1v) is 8.28. The van der Waals surface area contributed by atoms with Crippen molar-refractivity contribution in [2.24, 2.45) is 0 Å². The second kappa shape index (κ2) is 5.86. The lowest BCUT2D eigenvalue weighted by atomic mass is 9.89. The summed E-state index contributed by atoms with van der Waals surface area (Å²) in [7, 11) is 4.76. The van der Waals surface area contributed by atoms with Gasteiger partial charge in [-0.3, -0.25) is 9.59 Å². The van der Waals surface area contributed by atoms with Gasteiger partial charge in [0.1, 0.15) is 12.1 Å². The quantitative estimate of drug-likeness (QED) is 0.846. The van der Waals surface area contributed by atoms with Gasteiger partial charge in [0.15, 0.2) is 6.29 Å². The summed E-state index contributed by atoms with van der Waals surface area (Å²) in [6.07, 6.45) is -0.167. The van der Waals surface area contributed by atoms with Crippen molar-refractivity contribution in [1.29, 1.82) is 0 Å². The van der Waals surface area contributed by atoms with E-state index >= 15 is 0 Å². The van der Waals surface area contributed by atoms with Crippen LogP contribution in [0.3, 0.4) is 0 Å². The lowest BCUT2D eigenvalue weighted by Gasteiger charge is -2.47. The fourth-order valence-electron chi connectivity index (χ4n) is 4.09. The van der Waals surface area contributed by atoms with Crippen molar-refractivity contribution in [2.75, 3.05) is 27.8 Å². The van der Waals surface area contributed by atoms with E-state index in [0.29, 0.717) is 6.42 Å². The molecule has 2 aliphatic rings. The van der Waals surface area contributed by atoms with E-state index in [1.807, 2.05) is 24.3 Å². The third-order valence-electron chi connectivity index (χ3n) is 5.22. The fraction of sp³-hybridized carbons (Fsp3) is 0.444. The van der Waals surface area contributed by atoms with E-state index in [-0.39, 0.29) is 18.4 Å². The Hall–Kier alpha value is -2.38. The van der Waals surface area contributed by atoms with Crippen molar-refractivity contribution in [1.82, 2.24) is 14.8 Å². The molecule has 1 saturated heterocycles. The van der Waals surface area contributed by atoms with Crippen molar-refractivity contribution in [3.05, 3.63) is 35.5 Å². The Kier molecular flexibility index (Phi) is 3.77. The SMILES string of the molecule is COC(OC)[C@@H]1c2[nH]c3ccccc3c2C[C@@H]2C(=O)N(C)CC(=O)N21. The number of ether oxygens (including phenoxy) is 2. The monoisotopic (exact) mass is 343 g/mol. The molecule has 25 heavy (non-hydrogen) atoms. The van der Waals surface area contributed by atoms with Gasteiger partial charge in [-0.2, -0.15) is 0 Å². The number of aromatic amines is 1. The number of nitrogens with zero attached hydrogens (tertiary/aromatic N) is 2. The van der Waals surface area contributed by atoms with Crippen molar-refractivity contribution < 1.29 is 19.1 Å². The zero-order valence-corrected chi connectivity index (χ0v) is 14.5. The van der Waals surface area contributed by atoms with Crippen LogP contribution in [0.2, 0.25) is 0 Å². The Morgan fingerprint density at radius 1 is 1.20 bits per heavy atom. The number of para-hydroxylation sites is 1. The molecule has 7 heteroatoms. The number of nitrogens with one attached hydrogen (secondary N) is 1. The molecule has 1 fully saturated rings. The topological polar surface area (TPSA) is 74.9 Å². The lowest BCUT2D eigenvalue weighted by Crippen LogP contribution is -2.63. The molecule has 2 atom stereocenters. The highest BCUT2D eigenvalue weighted by molar-refractivity contribution is 5.97. The number of rotatable bonds is 3. The first-order valence-electron chi connectivity index (χ1n) is 8.28. The van der Waals surface area contributed by atoms with Crippen molar-refractivity contribution in [2.45, 2.75) is 24.8 Å². The van der Waals surface area contributed by atoms with Gasteiger partial charge in [0, 0.05) is 44.3 Å². The number of benzene rings is 1. The minimum Gasteiger partial charge on any atom is -0.356 e. The predicted molar refractivity (Wildman–Crippen MR) is 90.8 cm³/mol. The van der Waals surface area contributed by atoms with Gasteiger partial charge in [-0.05, 0) is 11.6 Å². The van der Waals surface area contributed by atoms with Crippen molar-refractivity contribution in [3.63, 3.8) is 0 Å². The van der Waals surface area contributed by atoms with Crippen LogP contribution < -0.4 is 0 Å². The lowest BCUT2D eigenvalue weighted by molar-refractivity contribution is -0.183. The molecule has 1 aromatic carbocycles. The molecule has 4 rings (SSSR count). The largest absolute Gasteiger partial charge is 0.356 e. The molecule has 7 nitrogen and oxygen atoms in total. The molecule has 2 aromatic rings. The predicted octanol–water partition coefficient (Wildman–Crippen LogP) is 1.05. The summed E-state index contributed by atoms with van der Waals surface area (Å²) in [5.74, 6) is -0.146. The van der Waals surface area contributed by atoms with Crippen LogP contribution in [0.5, 0.6) is 0 Å². The summed E-state index contributed by atoms with van der Waals surface area (Å²) in [6, 6.07) is 6.94. The van der Waals surface area contributed by atoms with Gasteiger partial charge in [-0.15, -0.1) is 0 Å². The summed E-state index contributed by atoms with van der Waals surface area (Å²) in [5, 5.41) is 1.07. The Balaban J connectivity index is 1.93. The van der Waals surface area contributed by atoms with Crippen molar-refractivity contribution in [3.8, 4) is 0 Å². The smallest absolute Gasteiger partial charge is 0.245 e. The molecule has 0 unspecified atom stereocenters. The number of H-pyrrole nitrogens is 1. The Morgan fingerprint density at radius 3 is 2.64 bits per heavy atom. The number of fused-ring (bicyclic) bond motifs is 4. The average Bonchev–Trinajstić information content (AvgIpc) is 2.98. The Bertz CT molecular complexity index is 842. The molecular formula is C18H21N3O4. The molecule has 1 N–H and O–H groups in total. The number of hydrogen-bond acceptors (Lipinski definition) is 4. The summed E-state index contributed by atoms with van der Waals surface area (Å²) < 4.78 is 11.0. The molecule has 0 radical (unpaired) electrons. The van der Waals surface area contributed by atoms with Gasteiger partial charge >= 0.3 is 0 Å². The summed E-state index contributed by atoms with van der Waals surface area (Å²) in [6.45, 7) is 0.0710. The molecule has 2 aliphatic heterocycles. The van der Waals surface area contributed by atoms with E-state index < -0.39 is 18.4 Å². The molecular weight excluding hydrogens is 322 g/mol. The highest BCUT2D eigenvalue weighted by Gasteiger charge is 2.49. The molecule has 1 aromatic heterocycles. The Morgan fingerprint density at radius 2 is 1.92 bits per heavy atom. The zero-order valence-electron chi connectivity index (χ0n) is 14.5. The molecule has 0 bridgehead atoms. The first-order chi connectivity index (χ1) is 12.1. The number of amides is 2. The van der Waals surface area contributed by atoms with Crippen LogP contribution in [-0.4, -0.2) is 66.7 Å². The minimum atomic E-state index is -0.658. The van der Waals surface area contributed by atoms with Crippen LogP contribution >= 0.6 is 0 Å². The molecule has 0 spiro atoms. The second-order valence-electron chi connectivity index (χ2n) is 6.56. The van der Waals surface area contributed by atoms with E-state index in [4.69, 9.17) is 9.47 Å². The molecule has 0 aliphatic carbocycles. The molecule has 132 valence electrons. The number of carbonyl (C=O) groups is 2. The number of carbonyl (C=O) groups excluding carboxylic acids is 2. The number of likely N-dealkylation sites (N-methyl/N-ethyl adjacent to an activating group) is 1. The zero-order chi connectivity index (χ0) is 17.7. The van der Waals surface area contributed by atoms with Crippen LogP contribution in [0.4, 0.5) is 0 Å². The van der Waals surface area contributed by atoms with E-state index in [1.165, 1.54) is 4.90 Å². The summed E-state index contributed by atoms with van der Waals surface area (Å²) in [5.41, 5.74) is 2.92. The van der Waals surface area contributed by atoms with Gasteiger partial charge in [0.05, 0.1) is 6.54 Å². The van der Waals surface area contributed by atoms with E-state index in [1.54, 1.807) is 26.2 Å². The van der Waals surface area contributed by atoms with Crippen LogP contribution in [-0.2, 0) is 25.5 Å². The molecule has 0 saturated carbocycles. The van der Waals surface area contributed by atoms with Gasteiger partial charge in [0.2, 0.25) is 11.8 Å². The maximum atomic E-state index is 12.8. The second-order valence-corrected chi connectivity index (χ2v) is 6.56. The molecule has 3 heterocycles. The van der Waals surface area contributed by atoms with Crippen LogP contribution in [0.1, 0.15) is 17.3 Å². The van der Waals surface area contributed by atoms with Crippen molar-refractivity contribution >= 4 is 22.7 Å². The van der Waals surface area contributed by atoms with Gasteiger partial charge < -0.3 is 24.3 Å². The number of hydrogen-bond donors (Lipinski definition) is 1. The normalized spacial score (nSPS) is 23.4. The highest BCUT2D eigenvalue weighted by Crippen LogP contribution is 2.41. The number of methoxy groups -OCH3 is 2. The Labute approximate surface area is 145 Å². The van der Waals surface area contributed by atoms with Crippen LogP contribution in [0.25, 0.3) is 10.9 Å². The number of piperazine rings is 1. The third-order valence-corrected chi connectivity index (χ3v) is 5.22. The average molecular weight is 343 g/mol. The van der Waals surface area contributed by atoms with Crippen LogP contribution in [0.15, 0.2) is 24.3 Å². The fourth-order valence-corrected chi connectivity index (χ4v) is 4.09. The highest BCUT2D eigenvalue weighted by atomic mass is 16.7. The van der Waals surface area contributed by atoms with E-state index in [0.717, 1.165) is 22.2 Å². The summed E-state index contributed by atoms with van der Waals surface area (Å²) >= 11 is 0. The maximum Gasteiger partial charge on any atom is 0.245 e. The third kappa shape index (κ3) is 2.26. The van der Waals surface area contributed by atoms with Crippen LogP contribution in [0, 0.1) is 0 Å². The van der Waals surface area contributed by atoms with Gasteiger partial charge in [0.25, 0.3) is 0 Å². The minimum absolute atomic E-state index is 0.0495. The maximum absolute atomic E-state index is 12.8. The van der Waals surface area contributed by atoms with E-state index in [2.05, 4.69) is 4.98 Å².